The third-order valence-corrected chi connectivity index (χ3v) is 10.00. The Balaban J connectivity index is 1.42. The number of amides is 2. The molecule has 1 fully saturated rings. The van der Waals surface area contributed by atoms with Gasteiger partial charge in [-0.1, -0.05) is 24.6 Å². The number of rotatable bonds is 4. The second-order valence-corrected chi connectivity index (χ2v) is 14.2. The van der Waals surface area contributed by atoms with Crippen molar-refractivity contribution < 1.29 is 36.6 Å². The van der Waals surface area contributed by atoms with Crippen LogP contribution in [0.5, 0.6) is 0 Å². The maximum Gasteiger partial charge on any atom is 0.419 e. The van der Waals surface area contributed by atoms with Crippen molar-refractivity contribution in [3.8, 4) is 0 Å². The lowest BCUT2D eigenvalue weighted by atomic mass is 9.60. The third-order valence-electron chi connectivity index (χ3n) is 9.63. The van der Waals surface area contributed by atoms with Gasteiger partial charge >= 0.3 is 12.3 Å². The summed E-state index contributed by atoms with van der Waals surface area (Å²) in [5, 5.41) is 6.15. The SMILES string of the molecule is CC1CCc2c(c(=O)n3nc(C4=CCOCC4)nc3n2CC(=O)Nc2ccc(C(F)(F)F)c(F)c2Cl)C12CCN(C(=O)OC(C)(C)C)CC2. The maximum absolute atomic E-state index is 14.6. The Morgan fingerprint density at radius 1 is 1.16 bits per heavy atom. The fourth-order valence-corrected chi connectivity index (χ4v) is 7.34. The molecule has 2 aromatic heterocycles. The minimum Gasteiger partial charge on any atom is -0.444 e. The molecule has 0 saturated carbocycles. The lowest BCUT2D eigenvalue weighted by molar-refractivity contribution is -0.140. The molecule has 1 saturated heterocycles. The first-order valence-electron chi connectivity index (χ1n) is 16.1. The number of hydrogen-bond acceptors (Lipinski definition) is 7. The third kappa shape index (κ3) is 6.54. The van der Waals surface area contributed by atoms with Crippen LogP contribution in [0.4, 0.5) is 28.0 Å². The number of likely N-dealkylation sites (tertiary alicyclic amines) is 1. The molecule has 1 spiro atoms. The molecule has 2 amide bonds. The summed E-state index contributed by atoms with van der Waals surface area (Å²) in [6.45, 7) is 8.55. The maximum atomic E-state index is 14.6. The highest BCUT2D eigenvalue weighted by Gasteiger charge is 2.48. The van der Waals surface area contributed by atoms with Gasteiger partial charge in [0.1, 0.15) is 17.2 Å². The van der Waals surface area contributed by atoms with E-state index in [-0.39, 0.29) is 22.9 Å². The van der Waals surface area contributed by atoms with Crippen LogP contribution in [0.25, 0.3) is 11.4 Å². The van der Waals surface area contributed by atoms with E-state index in [1.165, 1.54) is 4.52 Å². The molecule has 0 bridgehead atoms. The van der Waals surface area contributed by atoms with Crippen molar-refractivity contribution in [3.63, 3.8) is 0 Å². The van der Waals surface area contributed by atoms with Crippen molar-refractivity contribution >= 4 is 40.6 Å². The van der Waals surface area contributed by atoms with Crippen molar-refractivity contribution in [2.24, 2.45) is 5.92 Å². The van der Waals surface area contributed by atoms with Crippen LogP contribution >= 0.6 is 11.6 Å². The number of nitrogens with one attached hydrogen (secondary N) is 1. The Morgan fingerprint density at radius 2 is 1.88 bits per heavy atom. The molecule has 1 atom stereocenters. The number of anilines is 1. The predicted octanol–water partition coefficient (Wildman–Crippen LogP) is 6.00. The zero-order valence-corrected chi connectivity index (χ0v) is 28.3. The first kappa shape index (κ1) is 34.9. The molecule has 0 radical (unpaired) electrons. The van der Waals surface area contributed by atoms with E-state index in [1.807, 2.05) is 6.08 Å². The molecule has 1 aliphatic carbocycles. The number of alkyl halides is 3. The average Bonchev–Trinajstić information content (AvgIpc) is 3.48. The number of carbonyl (C=O) groups excluding carboxylic acids is 2. The van der Waals surface area contributed by atoms with Crippen molar-refractivity contribution in [3.05, 3.63) is 62.0 Å². The Hall–Kier alpha value is -3.98. The summed E-state index contributed by atoms with van der Waals surface area (Å²) < 4.78 is 68.1. The molecule has 1 N–H and O–H groups in total. The van der Waals surface area contributed by atoms with Crippen LogP contribution < -0.4 is 10.9 Å². The van der Waals surface area contributed by atoms with Crippen LogP contribution in [0.2, 0.25) is 5.02 Å². The normalized spacial score (nSPS) is 19.5. The van der Waals surface area contributed by atoms with Crippen LogP contribution in [0.1, 0.15) is 76.0 Å². The largest absolute Gasteiger partial charge is 0.444 e. The summed E-state index contributed by atoms with van der Waals surface area (Å²) in [6, 6.07) is 1.40. The van der Waals surface area contributed by atoms with Crippen LogP contribution in [-0.4, -0.2) is 68.0 Å². The molecule has 11 nitrogen and oxygen atoms in total. The fraction of sp³-hybridized carbons (Fsp3) is 0.545. The van der Waals surface area contributed by atoms with Crippen LogP contribution in [0.15, 0.2) is 23.0 Å². The standard InChI is InChI=1S/C33H37ClF4N6O5/c1-18-5-8-22-24(32(18)11-13-42(14-12-32)30(47)49-31(2,3)4)28(46)44-29(40-27(41-44)19-9-15-48-16-10-19)43(22)17-23(45)39-21-7-6-20(33(36,37)38)26(35)25(21)34/h6-7,9,18H,5,8,10-17H2,1-4H3,(H,39,45). The average molecular weight is 709 g/mol. The van der Waals surface area contributed by atoms with E-state index in [1.54, 1.807) is 30.2 Å². The fourth-order valence-electron chi connectivity index (χ4n) is 7.12. The molecule has 49 heavy (non-hydrogen) atoms. The molecule has 6 rings (SSSR count). The van der Waals surface area contributed by atoms with E-state index in [4.69, 9.17) is 21.1 Å². The quantitative estimate of drug-likeness (QED) is 0.331. The molecule has 3 aliphatic rings. The van der Waals surface area contributed by atoms with E-state index in [9.17, 15) is 31.9 Å². The monoisotopic (exact) mass is 708 g/mol. The summed E-state index contributed by atoms with van der Waals surface area (Å²) in [6.07, 6.45) is -1.01. The van der Waals surface area contributed by atoms with E-state index in [2.05, 4.69) is 22.3 Å². The van der Waals surface area contributed by atoms with Crippen molar-refractivity contribution in [1.29, 1.82) is 0 Å². The number of benzene rings is 1. The summed E-state index contributed by atoms with van der Waals surface area (Å²) in [5.41, 5.74) is -1.72. The number of ether oxygens (including phenoxy) is 2. The number of nitrogens with zero attached hydrogens (tertiary/aromatic N) is 5. The van der Waals surface area contributed by atoms with Gasteiger partial charge in [0.2, 0.25) is 11.7 Å². The highest BCUT2D eigenvalue weighted by atomic mass is 35.5. The molecule has 16 heteroatoms. The minimum absolute atomic E-state index is 0.0448. The Morgan fingerprint density at radius 3 is 2.51 bits per heavy atom. The molecule has 4 heterocycles. The zero-order valence-electron chi connectivity index (χ0n) is 27.5. The van der Waals surface area contributed by atoms with E-state index in [0.29, 0.717) is 81.6 Å². The Bertz CT molecular complexity index is 1910. The molecule has 264 valence electrons. The Labute approximate surface area is 284 Å². The smallest absolute Gasteiger partial charge is 0.419 e. The van der Waals surface area contributed by atoms with E-state index < -0.39 is 52.1 Å². The highest BCUT2D eigenvalue weighted by molar-refractivity contribution is 6.34. The minimum atomic E-state index is -4.97. The highest BCUT2D eigenvalue weighted by Crippen LogP contribution is 2.47. The van der Waals surface area contributed by atoms with Gasteiger partial charge in [-0.15, -0.1) is 5.10 Å². The first-order valence-corrected chi connectivity index (χ1v) is 16.5. The first-order chi connectivity index (χ1) is 23.0. The molecule has 3 aromatic rings. The molecule has 2 aliphatic heterocycles. The summed E-state index contributed by atoms with van der Waals surface area (Å²) in [4.78, 5) is 47.3. The van der Waals surface area contributed by atoms with Crippen LogP contribution in [0, 0.1) is 11.7 Å². The van der Waals surface area contributed by atoms with Gasteiger partial charge in [0, 0.05) is 29.8 Å². The van der Waals surface area contributed by atoms with E-state index >= 15 is 0 Å². The second-order valence-electron chi connectivity index (χ2n) is 13.8. The van der Waals surface area contributed by atoms with E-state index in [0.717, 1.165) is 11.6 Å². The number of piperidine rings is 1. The molecule has 1 aromatic carbocycles. The van der Waals surface area contributed by atoms with Gasteiger partial charge in [-0.25, -0.2) is 9.18 Å². The lowest BCUT2D eigenvalue weighted by Crippen LogP contribution is -2.53. The number of fused-ring (bicyclic) bond motifs is 3. The van der Waals surface area contributed by atoms with Crippen molar-refractivity contribution in [2.75, 3.05) is 31.6 Å². The predicted molar refractivity (Wildman–Crippen MR) is 172 cm³/mol. The number of hydrogen-bond donors (Lipinski definition) is 1. The summed E-state index contributed by atoms with van der Waals surface area (Å²) in [7, 11) is 0. The summed E-state index contributed by atoms with van der Waals surface area (Å²) >= 11 is 5.94. The lowest BCUT2D eigenvalue weighted by Gasteiger charge is -2.48. The van der Waals surface area contributed by atoms with Crippen molar-refractivity contribution in [1.82, 2.24) is 24.1 Å². The van der Waals surface area contributed by atoms with Gasteiger partial charge in [-0.2, -0.15) is 22.7 Å². The molecular formula is C33H37ClF4N6O5. The van der Waals surface area contributed by atoms with Gasteiger partial charge in [-0.3, -0.25) is 9.59 Å². The van der Waals surface area contributed by atoms with Crippen LogP contribution in [-0.2, 0) is 38.8 Å². The second kappa shape index (κ2) is 12.7. The van der Waals surface area contributed by atoms with Gasteiger partial charge < -0.3 is 24.3 Å². The molecular weight excluding hydrogens is 672 g/mol. The van der Waals surface area contributed by atoms with Crippen LogP contribution in [0.3, 0.4) is 0 Å². The molecule has 1 unspecified atom stereocenters. The van der Waals surface area contributed by atoms with Gasteiger partial charge in [0.05, 0.1) is 24.5 Å². The number of carbonyl (C=O) groups is 2. The van der Waals surface area contributed by atoms with Crippen molar-refractivity contribution in [2.45, 2.75) is 83.5 Å². The number of aromatic nitrogens is 4. The van der Waals surface area contributed by atoms with Gasteiger partial charge in [-0.05, 0) is 76.5 Å². The zero-order chi connectivity index (χ0) is 35.5. The summed E-state index contributed by atoms with van der Waals surface area (Å²) in [5.74, 6) is -1.96. The van der Waals surface area contributed by atoms with Gasteiger partial charge in [0.15, 0.2) is 11.6 Å². The Kier molecular flexibility index (Phi) is 9.05. The number of halogens is 5. The van der Waals surface area contributed by atoms with Gasteiger partial charge in [0.25, 0.3) is 5.56 Å². The topological polar surface area (TPSA) is 120 Å².